The van der Waals surface area contributed by atoms with Gasteiger partial charge in [0, 0.05) is 31.8 Å². The second-order valence-corrected chi connectivity index (χ2v) is 5.86. The first-order valence-corrected chi connectivity index (χ1v) is 7.88. The molecule has 21 heavy (non-hydrogen) atoms. The van der Waals surface area contributed by atoms with Gasteiger partial charge < -0.3 is 19.5 Å². The van der Waals surface area contributed by atoms with Gasteiger partial charge in [0.15, 0.2) is 10.3 Å². The summed E-state index contributed by atoms with van der Waals surface area (Å²) in [5, 5.41) is 2.92. The van der Waals surface area contributed by atoms with Gasteiger partial charge in [0.05, 0.1) is 18.7 Å². The Balaban J connectivity index is 1.44. The maximum Gasteiger partial charge on any atom is 0.267 e. The fraction of sp³-hybridized carbons (Fsp3) is 0.500. The van der Waals surface area contributed by atoms with Crippen LogP contribution in [0.15, 0.2) is 21.2 Å². The van der Waals surface area contributed by atoms with Crippen LogP contribution in [0.4, 0.5) is 0 Å². The van der Waals surface area contributed by atoms with Crippen LogP contribution < -0.4 is 5.32 Å². The van der Waals surface area contributed by atoms with E-state index in [2.05, 4.69) is 31.1 Å². The highest BCUT2D eigenvalue weighted by molar-refractivity contribution is 9.10. The lowest BCUT2D eigenvalue weighted by Gasteiger charge is -2.26. The molecule has 1 fully saturated rings. The minimum Gasteiger partial charge on any atom is -0.448 e. The van der Waals surface area contributed by atoms with Crippen molar-refractivity contribution in [2.75, 3.05) is 39.4 Å². The molecule has 2 aromatic heterocycles. The number of halogens is 1. The van der Waals surface area contributed by atoms with Crippen molar-refractivity contribution in [2.24, 2.45) is 0 Å². The van der Waals surface area contributed by atoms with Gasteiger partial charge >= 0.3 is 0 Å². The molecule has 3 rings (SSSR count). The van der Waals surface area contributed by atoms with E-state index in [1.165, 1.54) is 0 Å². The molecule has 1 aliphatic heterocycles. The molecule has 2 aromatic rings. The summed E-state index contributed by atoms with van der Waals surface area (Å²) in [6.07, 6.45) is 0.939. The number of fused-ring (bicyclic) bond motifs is 1. The number of morpholine rings is 1. The fourth-order valence-electron chi connectivity index (χ4n) is 2.44. The second kappa shape index (κ2) is 6.64. The zero-order valence-corrected chi connectivity index (χ0v) is 13.2. The Labute approximate surface area is 130 Å². The number of carbonyl (C=O) groups excluding carboxylic acids is 1. The summed E-state index contributed by atoms with van der Waals surface area (Å²) < 4.78 is 11.3. The normalized spacial score (nSPS) is 16.4. The number of aromatic amines is 1. The third kappa shape index (κ3) is 3.66. The highest BCUT2D eigenvalue weighted by atomic mass is 79.9. The molecule has 1 amide bonds. The Morgan fingerprint density at radius 3 is 2.95 bits per heavy atom. The van der Waals surface area contributed by atoms with Crippen LogP contribution in [0, 0.1) is 0 Å². The number of ether oxygens (including phenoxy) is 1. The number of hydrogen-bond donors (Lipinski definition) is 2. The van der Waals surface area contributed by atoms with Crippen molar-refractivity contribution in [3.8, 4) is 0 Å². The topological polar surface area (TPSA) is 70.5 Å². The maximum absolute atomic E-state index is 12.0. The number of nitrogens with zero attached hydrogens (tertiary/aromatic N) is 1. The lowest BCUT2D eigenvalue weighted by molar-refractivity contribution is 0.0374. The molecule has 6 nitrogen and oxygen atoms in total. The first kappa shape index (κ1) is 14.6. The van der Waals surface area contributed by atoms with Crippen LogP contribution in [0.2, 0.25) is 0 Å². The number of hydrogen-bond acceptors (Lipinski definition) is 4. The van der Waals surface area contributed by atoms with Crippen LogP contribution in [0.3, 0.4) is 0 Å². The predicted molar refractivity (Wildman–Crippen MR) is 82.5 cm³/mol. The van der Waals surface area contributed by atoms with Crippen LogP contribution in [0.5, 0.6) is 0 Å². The minimum absolute atomic E-state index is 0.0977. The quantitative estimate of drug-likeness (QED) is 0.804. The molecule has 0 radical (unpaired) electrons. The Morgan fingerprint density at radius 2 is 2.19 bits per heavy atom. The summed E-state index contributed by atoms with van der Waals surface area (Å²) in [7, 11) is 0. The van der Waals surface area contributed by atoms with E-state index in [0.29, 0.717) is 22.5 Å². The molecule has 0 spiro atoms. The average Bonchev–Trinajstić information content (AvgIpc) is 3.02. The van der Waals surface area contributed by atoms with Gasteiger partial charge in [0.25, 0.3) is 5.91 Å². The smallest absolute Gasteiger partial charge is 0.267 e. The van der Waals surface area contributed by atoms with Crippen molar-refractivity contribution in [3.05, 3.63) is 22.5 Å². The van der Waals surface area contributed by atoms with Crippen LogP contribution in [-0.2, 0) is 4.74 Å². The molecule has 0 atom stereocenters. The number of aromatic nitrogens is 1. The van der Waals surface area contributed by atoms with Crippen LogP contribution in [-0.4, -0.2) is 55.2 Å². The molecule has 0 bridgehead atoms. The summed E-state index contributed by atoms with van der Waals surface area (Å²) in [4.78, 5) is 17.4. The Kier molecular flexibility index (Phi) is 4.62. The van der Waals surface area contributed by atoms with Crippen molar-refractivity contribution in [3.63, 3.8) is 0 Å². The van der Waals surface area contributed by atoms with Gasteiger partial charge in [0.1, 0.15) is 5.69 Å². The van der Waals surface area contributed by atoms with E-state index in [4.69, 9.17) is 9.15 Å². The fourth-order valence-corrected chi connectivity index (χ4v) is 2.84. The van der Waals surface area contributed by atoms with E-state index in [-0.39, 0.29) is 5.91 Å². The standard InChI is InChI=1S/C14H18BrN3O3/c15-13-9-10-12(21-13)8-11(17-10)14(19)16-2-1-3-18-4-6-20-7-5-18/h8-9,17H,1-7H2,(H,16,19). The monoisotopic (exact) mass is 355 g/mol. The van der Waals surface area contributed by atoms with Crippen molar-refractivity contribution >= 4 is 32.9 Å². The second-order valence-electron chi connectivity index (χ2n) is 5.07. The largest absolute Gasteiger partial charge is 0.448 e. The molecule has 0 aliphatic carbocycles. The highest BCUT2D eigenvalue weighted by Gasteiger charge is 2.13. The number of rotatable bonds is 5. The molecule has 1 aliphatic rings. The van der Waals surface area contributed by atoms with Crippen LogP contribution >= 0.6 is 15.9 Å². The van der Waals surface area contributed by atoms with E-state index in [9.17, 15) is 4.79 Å². The number of H-pyrrole nitrogens is 1. The van der Waals surface area contributed by atoms with Crippen molar-refractivity contribution in [2.45, 2.75) is 6.42 Å². The predicted octanol–water partition coefficient (Wildman–Crippen LogP) is 1.98. The van der Waals surface area contributed by atoms with E-state index in [1.807, 2.05) is 6.07 Å². The van der Waals surface area contributed by atoms with Crippen molar-refractivity contribution in [1.82, 2.24) is 15.2 Å². The molecule has 0 aromatic carbocycles. The number of carbonyl (C=O) groups is 1. The van der Waals surface area contributed by atoms with Gasteiger partial charge in [-0.2, -0.15) is 0 Å². The highest BCUT2D eigenvalue weighted by Crippen LogP contribution is 2.23. The average molecular weight is 356 g/mol. The molecular formula is C14H18BrN3O3. The minimum atomic E-state index is -0.0977. The molecule has 7 heteroatoms. The van der Waals surface area contributed by atoms with Gasteiger partial charge in [0.2, 0.25) is 0 Å². The Morgan fingerprint density at radius 1 is 1.38 bits per heavy atom. The van der Waals surface area contributed by atoms with Gasteiger partial charge in [-0.15, -0.1) is 0 Å². The van der Waals surface area contributed by atoms with Gasteiger partial charge in [-0.1, -0.05) is 0 Å². The number of amides is 1. The molecule has 0 saturated carbocycles. The van der Waals surface area contributed by atoms with Crippen LogP contribution in [0.25, 0.3) is 11.1 Å². The first-order chi connectivity index (χ1) is 10.2. The lowest BCUT2D eigenvalue weighted by Crippen LogP contribution is -2.38. The van der Waals surface area contributed by atoms with Crippen molar-refractivity contribution in [1.29, 1.82) is 0 Å². The zero-order chi connectivity index (χ0) is 14.7. The number of nitrogens with one attached hydrogen (secondary N) is 2. The third-order valence-electron chi connectivity index (χ3n) is 3.56. The third-order valence-corrected chi connectivity index (χ3v) is 3.95. The Bertz CT molecular complexity index is 585. The summed E-state index contributed by atoms with van der Waals surface area (Å²) >= 11 is 3.25. The van der Waals surface area contributed by atoms with Gasteiger partial charge in [-0.05, 0) is 28.9 Å². The Hall–Kier alpha value is -1.31. The zero-order valence-electron chi connectivity index (χ0n) is 11.7. The van der Waals surface area contributed by atoms with Crippen LogP contribution in [0.1, 0.15) is 16.9 Å². The molecule has 3 heterocycles. The number of furan rings is 1. The summed E-state index contributed by atoms with van der Waals surface area (Å²) in [6, 6.07) is 3.53. The summed E-state index contributed by atoms with van der Waals surface area (Å²) in [5.41, 5.74) is 2.03. The van der Waals surface area contributed by atoms with E-state index in [1.54, 1.807) is 6.07 Å². The molecule has 1 saturated heterocycles. The maximum atomic E-state index is 12.0. The summed E-state index contributed by atoms with van der Waals surface area (Å²) in [6.45, 7) is 5.24. The molecule has 114 valence electrons. The lowest BCUT2D eigenvalue weighted by atomic mass is 10.3. The van der Waals surface area contributed by atoms with Crippen molar-refractivity contribution < 1.29 is 13.9 Å². The summed E-state index contributed by atoms with van der Waals surface area (Å²) in [5.74, 6) is -0.0977. The first-order valence-electron chi connectivity index (χ1n) is 7.09. The molecular weight excluding hydrogens is 338 g/mol. The van der Waals surface area contributed by atoms with Gasteiger partial charge in [-0.25, -0.2) is 0 Å². The van der Waals surface area contributed by atoms with E-state index >= 15 is 0 Å². The van der Waals surface area contributed by atoms with Gasteiger partial charge in [-0.3, -0.25) is 9.69 Å². The molecule has 0 unspecified atom stereocenters. The van der Waals surface area contributed by atoms with E-state index < -0.39 is 0 Å². The SMILES string of the molecule is O=C(NCCCN1CCOCC1)c1cc2oc(Br)cc2[nH]1. The molecule has 2 N–H and O–H groups in total. The van der Waals surface area contributed by atoms with E-state index in [0.717, 1.165) is 44.8 Å².